The van der Waals surface area contributed by atoms with Crippen LogP contribution >= 0.6 is 0 Å². The lowest BCUT2D eigenvalue weighted by atomic mass is 10.2. The minimum Gasteiger partial charge on any atom is -0.480 e. The highest BCUT2D eigenvalue weighted by atomic mass is 19.1. The van der Waals surface area contributed by atoms with Crippen molar-refractivity contribution < 1.29 is 19.1 Å². The molecule has 134 valence electrons. The van der Waals surface area contributed by atoms with Crippen molar-refractivity contribution in [1.29, 1.82) is 0 Å². The highest BCUT2D eigenvalue weighted by molar-refractivity contribution is 5.92. The van der Waals surface area contributed by atoms with Crippen LogP contribution in [-0.2, 0) is 4.79 Å². The predicted octanol–water partition coefficient (Wildman–Crippen LogP) is 2.46. The van der Waals surface area contributed by atoms with Crippen LogP contribution in [0.15, 0.2) is 24.3 Å². The topological polar surface area (TPSA) is 88.3 Å². The molecule has 0 fully saturated rings. The van der Waals surface area contributed by atoms with Crippen molar-refractivity contribution in [3.63, 3.8) is 0 Å². The molecule has 1 aromatic carbocycles. The zero-order valence-electron chi connectivity index (χ0n) is 14.6. The first kappa shape index (κ1) is 18.6. The summed E-state index contributed by atoms with van der Waals surface area (Å²) in [6.07, 6.45) is 0. The van der Waals surface area contributed by atoms with E-state index in [4.69, 9.17) is 5.11 Å². The van der Waals surface area contributed by atoms with Gasteiger partial charge in [-0.25, -0.2) is 14.1 Å². The van der Waals surface area contributed by atoms with Crippen LogP contribution < -0.4 is 0 Å². The van der Waals surface area contributed by atoms with Crippen LogP contribution in [0.3, 0.4) is 0 Å². The summed E-state index contributed by atoms with van der Waals surface area (Å²) in [5.41, 5.74) is 0.187. The number of carboxylic acids is 1. The van der Waals surface area contributed by atoms with Crippen molar-refractivity contribution in [1.82, 2.24) is 19.7 Å². The van der Waals surface area contributed by atoms with E-state index in [0.29, 0.717) is 5.82 Å². The van der Waals surface area contributed by atoms with E-state index in [1.54, 1.807) is 32.0 Å². The first-order chi connectivity index (χ1) is 11.7. The fourth-order valence-electron chi connectivity index (χ4n) is 2.35. The molecule has 0 unspecified atom stereocenters. The predicted molar refractivity (Wildman–Crippen MR) is 89.2 cm³/mol. The minimum atomic E-state index is -1.13. The second-order valence-electron chi connectivity index (χ2n) is 6.23. The highest BCUT2D eigenvalue weighted by Crippen LogP contribution is 2.20. The largest absolute Gasteiger partial charge is 0.480 e. The summed E-state index contributed by atoms with van der Waals surface area (Å²) in [6, 6.07) is 5.72. The molecule has 0 saturated carbocycles. The Labute approximate surface area is 145 Å². The van der Waals surface area contributed by atoms with Crippen molar-refractivity contribution >= 4 is 11.9 Å². The van der Waals surface area contributed by atoms with Crippen LogP contribution in [0, 0.1) is 5.82 Å². The zero-order valence-corrected chi connectivity index (χ0v) is 14.6. The quantitative estimate of drug-likeness (QED) is 0.866. The van der Waals surface area contributed by atoms with Gasteiger partial charge in [0.25, 0.3) is 5.91 Å². The van der Waals surface area contributed by atoms with Crippen LogP contribution in [0.2, 0.25) is 0 Å². The van der Waals surface area contributed by atoms with Crippen LogP contribution in [0.5, 0.6) is 0 Å². The number of rotatable bonds is 6. The van der Waals surface area contributed by atoms with Gasteiger partial charge in [-0.05, 0) is 26.0 Å². The standard InChI is InChI=1S/C17H21FN4O3/c1-10(2)16-19-15(17(25)21(11(3)4)9-14(23)24)20-22(16)13-8-6-5-7-12(13)18/h5-8,10-11H,9H2,1-4H3,(H,23,24). The Kier molecular flexibility index (Phi) is 5.51. The van der Waals surface area contributed by atoms with Crippen LogP contribution in [0.4, 0.5) is 4.39 Å². The van der Waals surface area contributed by atoms with Gasteiger partial charge in [-0.15, -0.1) is 5.10 Å². The summed E-state index contributed by atoms with van der Waals surface area (Å²) >= 11 is 0. The Hall–Kier alpha value is -2.77. The number of aliphatic carboxylic acids is 1. The summed E-state index contributed by atoms with van der Waals surface area (Å²) in [4.78, 5) is 29.1. The summed E-state index contributed by atoms with van der Waals surface area (Å²) in [5.74, 6) is -2.05. The number of carboxylic acid groups (broad SMARTS) is 1. The maximum atomic E-state index is 14.1. The van der Waals surface area contributed by atoms with Crippen molar-refractivity contribution in [2.24, 2.45) is 0 Å². The second-order valence-corrected chi connectivity index (χ2v) is 6.23. The SMILES string of the molecule is CC(C)c1nc(C(=O)N(CC(=O)O)C(C)C)nn1-c1ccccc1F. The van der Waals surface area contributed by atoms with Gasteiger partial charge >= 0.3 is 5.97 Å². The van der Waals surface area contributed by atoms with E-state index in [0.717, 1.165) is 4.90 Å². The third-order valence-electron chi connectivity index (χ3n) is 3.61. The molecule has 1 N–H and O–H groups in total. The van der Waals surface area contributed by atoms with Gasteiger partial charge in [0.05, 0.1) is 0 Å². The maximum absolute atomic E-state index is 14.1. The summed E-state index contributed by atoms with van der Waals surface area (Å²) in [7, 11) is 0. The lowest BCUT2D eigenvalue weighted by Gasteiger charge is -2.23. The van der Waals surface area contributed by atoms with E-state index in [9.17, 15) is 14.0 Å². The Morgan fingerprint density at radius 3 is 2.40 bits per heavy atom. The minimum absolute atomic E-state index is 0.111. The third-order valence-corrected chi connectivity index (χ3v) is 3.61. The molecule has 0 spiro atoms. The van der Waals surface area contributed by atoms with Crippen LogP contribution in [-0.4, -0.2) is 49.2 Å². The van der Waals surface area contributed by atoms with Gasteiger partial charge < -0.3 is 10.0 Å². The van der Waals surface area contributed by atoms with E-state index in [-0.39, 0.29) is 23.5 Å². The number of carbonyl (C=O) groups excluding carboxylic acids is 1. The van der Waals surface area contributed by atoms with Crippen LogP contribution in [0.25, 0.3) is 5.69 Å². The lowest BCUT2D eigenvalue weighted by molar-refractivity contribution is -0.138. The molecule has 0 aliphatic heterocycles. The van der Waals surface area contributed by atoms with Crippen molar-refractivity contribution in [3.8, 4) is 5.69 Å². The number of benzene rings is 1. The number of carbonyl (C=O) groups is 2. The van der Waals surface area contributed by atoms with Gasteiger partial charge in [0.15, 0.2) is 0 Å². The average Bonchev–Trinajstić information content (AvgIpc) is 2.97. The summed E-state index contributed by atoms with van der Waals surface area (Å²) in [6.45, 7) is 6.66. The number of halogens is 1. The monoisotopic (exact) mass is 348 g/mol. The Bertz CT molecular complexity index is 786. The molecule has 2 aromatic rings. The highest BCUT2D eigenvalue weighted by Gasteiger charge is 2.27. The van der Waals surface area contributed by atoms with E-state index in [2.05, 4.69) is 10.1 Å². The smallest absolute Gasteiger partial charge is 0.323 e. The number of hydrogen-bond acceptors (Lipinski definition) is 4. The molecule has 1 heterocycles. The van der Waals surface area contributed by atoms with Gasteiger partial charge in [-0.2, -0.15) is 0 Å². The molecular formula is C17H21FN4O3. The molecule has 0 radical (unpaired) electrons. The van der Waals surface area contributed by atoms with Crippen molar-refractivity contribution in [2.45, 2.75) is 39.7 Å². The van der Waals surface area contributed by atoms with Gasteiger partial charge in [0, 0.05) is 12.0 Å². The van der Waals surface area contributed by atoms with E-state index in [1.807, 2.05) is 13.8 Å². The number of hydrogen-bond donors (Lipinski definition) is 1. The molecule has 0 bridgehead atoms. The van der Waals surface area contributed by atoms with E-state index < -0.39 is 24.2 Å². The van der Waals surface area contributed by atoms with E-state index in [1.165, 1.54) is 10.7 Å². The summed E-state index contributed by atoms with van der Waals surface area (Å²) < 4.78 is 15.4. The summed E-state index contributed by atoms with van der Waals surface area (Å²) in [5, 5.41) is 13.2. The van der Waals surface area contributed by atoms with Gasteiger partial charge in [-0.3, -0.25) is 9.59 Å². The fourth-order valence-corrected chi connectivity index (χ4v) is 2.35. The molecule has 1 aromatic heterocycles. The molecule has 7 nitrogen and oxygen atoms in total. The van der Waals surface area contributed by atoms with Gasteiger partial charge in [0.2, 0.25) is 5.82 Å². The number of aromatic nitrogens is 3. The molecule has 1 amide bonds. The second kappa shape index (κ2) is 7.42. The lowest BCUT2D eigenvalue weighted by Crippen LogP contribution is -2.41. The van der Waals surface area contributed by atoms with E-state index >= 15 is 0 Å². The number of amides is 1. The molecule has 8 heteroatoms. The zero-order chi connectivity index (χ0) is 18.7. The van der Waals surface area contributed by atoms with Gasteiger partial charge in [0.1, 0.15) is 23.9 Å². The molecule has 2 rings (SSSR count). The van der Waals surface area contributed by atoms with Crippen LogP contribution in [0.1, 0.15) is 50.1 Å². The molecule has 0 saturated heterocycles. The number of nitrogens with zero attached hydrogens (tertiary/aromatic N) is 4. The molecule has 0 atom stereocenters. The average molecular weight is 348 g/mol. The molecule has 0 aliphatic rings. The normalized spacial score (nSPS) is 11.2. The maximum Gasteiger partial charge on any atom is 0.323 e. The Balaban J connectivity index is 2.50. The first-order valence-corrected chi connectivity index (χ1v) is 7.97. The fraction of sp³-hybridized carbons (Fsp3) is 0.412. The molecular weight excluding hydrogens is 327 g/mol. The van der Waals surface area contributed by atoms with Crippen molar-refractivity contribution in [3.05, 3.63) is 41.7 Å². The van der Waals surface area contributed by atoms with Gasteiger partial charge in [-0.1, -0.05) is 26.0 Å². The van der Waals surface area contributed by atoms with Crippen molar-refractivity contribution in [2.75, 3.05) is 6.54 Å². The number of para-hydroxylation sites is 1. The molecule has 0 aliphatic carbocycles. The third kappa shape index (κ3) is 4.01. The Morgan fingerprint density at radius 1 is 1.24 bits per heavy atom. The molecule has 25 heavy (non-hydrogen) atoms. The Morgan fingerprint density at radius 2 is 1.88 bits per heavy atom. The first-order valence-electron chi connectivity index (χ1n) is 7.97.